The largest absolute Gasteiger partial charge is 0.330 e. The molecular formula is C15H26N2O2S. The van der Waals surface area contributed by atoms with Gasteiger partial charge in [0.05, 0.1) is 4.90 Å². The van der Waals surface area contributed by atoms with Crippen molar-refractivity contribution in [1.29, 1.82) is 0 Å². The maximum Gasteiger partial charge on any atom is 0.242 e. The highest BCUT2D eigenvalue weighted by atomic mass is 32.2. The Kier molecular flexibility index (Phi) is 5.35. The summed E-state index contributed by atoms with van der Waals surface area (Å²) in [7, 11) is -1.85. The smallest absolute Gasteiger partial charge is 0.242 e. The minimum atomic E-state index is -3.45. The summed E-state index contributed by atoms with van der Waals surface area (Å²) in [5.74, 6) is 0.389. The van der Waals surface area contributed by atoms with Gasteiger partial charge in [-0.1, -0.05) is 39.8 Å². The van der Waals surface area contributed by atoms with Crippen molar-refractivity contribution in [3.05, 3.63) is 29.8 Å². The van der Waals surface area contributed by atoms with E-state index in [-0.39, 0.29) is 5.41 Å². The monoisotopic (exact) mass is 298 g/mol. The third kappa shape index (κ3) is 4.04. The highest BCUT2D eigenvalue weighted by Crippen LogP contribution is 2.22. The van der Waals surface area contributed by atoms with Crippen molar-refractivity contribution >= 4 is 10.0 Å². The molecule has 0 atom stereocenters. The van der Waals surface area contributed by atoms with Gasteiger partial charge < -0.3 is 5.73 Å². The fraction of sp³-hybridized carbons (Fsp3) is 0.600. The highest BCUT2D eigenvalue weighted by molar-refractivity contribution is 7.89. The molecule has 0 fully saturated rings. The summed E-state index contributed by atoms with van der Waals surface area (Å²) in [6.45, 7) is 8.93. The highest BCUT2D eigenvalue weighted by Gasteiger charge is 2.27. The van der Waals surface area contributed by atoms with Crippen LogP contribution in [0.15, 0.2) is 29.2 Å². The van der Waals surface area contributed by atoms with E-state index in [1.807, 2.05) is 26.0 Å². The normalized spacial score (nSPS) is 13.2. The van der Waals surface area contributed by atoms with E-state index in [9.17, 15) is 8.42 Å². The van der Waals surface area contributed by atoms with Crippen LogP contribution in [-0.2, 0) is 10.0 Å². The third-order valence-corrected chi connectivity index (χ3v) is 5.28. The molecule has 0 aliphatic rings. The summed E-state index contributed by atoms with van der Waals surface area (Å²) >= 11 is 0. The Balaban J connectivity index is 2.98. The van der Waals surface area contributed by atoms with Gasteiger partial charge in [-0.3, -0.25) is 0 Å². The fourth-order valence-electron chi connectivity index (χ4n) is 1.96. The lowest BCUT2D eigenvalue weighted by Crippen LogP contribution is -2.39. The first-order valence-corrected chi connectivity index (χ1v) is 8.30. The molecule has 0 unspecified atom stereocenters. The topological polar surface area (TPSA) is 63.4 Å². The summed E-state index contributed by atoms with van der Waals surface area (Å²) < 4.78 is 26.4. The van der Waals surface area contributed by atoms with E-state index in [1.165, 1.54) is 4.31 Å². The molecule has 0 bridgehead atoms. The van der Waals surface area contributed by atoms with Crippen molar-refractivity contribution in [3.8, 4) is 0 Å². The van der Waals surface area contributed by atoms with Crippen LogP contribution in [0.1, 0.15) is 39.2 Å². The van der Waals surface area contributed by atoms with Gasteiger partial charge in [-0.2, -0.15) is 0 Å². The molecule has 114 valence electrons. The molecule has 0 radical (unpaired) electrons. The molecule has 0 aliphatic heterocycles. The Morgan fingerprint density at radius 1 is 1.20 bits per heavy atom. The van der Waals surface area contributed by atoms with E-state index in [0.717, 1.165) is 5.56 Å². The number of sulfonamides is 1. The lowest BCUT2D eigenvalue weighted by atomic mass is 9.94. The summed E-state index contributed by atoms with van der Waals surface area (Å²) in [5.41, 5.74) is 6.57. The maximum absolute atomic E-state index is 12.5. The van der Waals surface area contributed by atoms with Crippen LogP contribution in [0.2, 0.25) is 0 Å². The molecule has 1 rings (SSSR count). The van der Waals surface area contributed by atoms with E-state index in [1.54, 1.807) is 19.2 Å². The number of hydrogen-bond donors (Lipinski definition) is 1. The molecule has 0 spiro atoms. The Labute approximate surface area is 123 Å². The fourth-order valence-corrected chi connectivity index (χ4v) is 3.32. The van der Waals surface area contributed by atoms with Crippen LogP contribution in [0.5, 0.6) is 0 Å². The average molecular weight is 298 g/mol. The first kappa shape index (κ1) is 17.1. The number of nitrogens with zero attached hydrogens (tertiary/aromatic N) is 1. The van der Waals surface area contributed by atoms with Crippen molar-refractivity contribution in [2.24, 2.45) is 11.1 Å². The number of nitrogens with two attached hydrogens (primary N) is 1. The molecule has 0 saturated heterocycles. The summed E-state index contributed by atoms with van der Waals surface area (Å²) in [6, 6.07) is 7.10. The van der Waals surface area contributed by atoms with E-state index < -0.39 is 10.0 Å². The minimum absolute atomic E-state index is 0.236. The maximum atomic E-state index is 12.5. The van der Waals surface area contributed by atoms with Gasteiger partial charge in [0.1, 0.15) is 0 Å². The summed E-state index contributed by atoms with van der Waals surface area (Å²) in [5, 5.41) is 0. The van der Waals surface area contributed by atoms with Crippen LogP contribution in [0.3, 0.4) is 0 Å². The van der Waals surface area contributed by atoms with Crippen molar-refractivity contribution in [3.63, 3.8) is 0 Å². The van der Waals surface area contributed by atoms with Crippen LogP contribution in [-0.4, -0.2) is 32.9 Å². The van der Waals surface area contributed by atoms with E-state index in [4.69, 9.17) is 5.73 Å². The molecule has 0 heterocycles. The molecule has 2 N–H and O–H groups in total. The molecule has 0 saturated carbocycles. The Hall–Kier alpha value is -0.910. The van der Waals surface area contributed by atoms with Gasteiger partial charge in [0.25, 0.3) is 0 Å². The van der Waals surface area contributed by atoms with Gasteiger partial charge in [0, 0.05) is 13.6 Å². The average Bonchev–Trinajstić information content (AvgIpc) is 2.38. The SMILES string of the molecule is CC(C)c1ccc(S(=O)(=O)N(C)CC(C)(C)CN)cc1. The zero-order chi connectivity index (χ0) is 15.6. The van der Waals surface area contributed by atoms with Gasteiger partial charge in [0.2, 0.25) is 10.0 Å². The Bertz CT molecular complexity index is 533. The molecule has 20 heavy (non-hydrogen) atoms. The number of benzene rings is 1. The third-order valence-electron chi connectivity index (χ3n) is 3.46. The second-order valence-electron chi connectivity index (χ2n) is 6.35. The first-order valence-electron chi connectivity index (χ1n) is 6.86. The second kappa shape index (κ2) is 6.24. The zero-order valence-electron chi connectivity index (χ0n) is 13.1. The van der Waals surface area contributed by atoms with Gasteiger partial charge in [-0.25, -0.2) is 12.7 Å². The molecule has 1 aromatic rings. The van der Waals surface area contributed by atoms with Crippen molar-refractivity contribution in [1.82, 2.24) is 4.31 Å². The van der Waals surface area contributed by atoms with E-state index >= 15 is 0 Å². The summed E-state index contributed by atoms with van der Waals surface area (Å²) in [6.07, 6.45) is 0. The van der Waals surface area contributed by atoms with E-state index in [0.29, 0.717) is 23.9 Å². The summed E-state index contributed by atoms with van der Waals surface area (Å²) in [4.78, 5) is 0.331. The number of rotatable bonds is 6. The quantitative estimate of drug-likeness (QED) is 0.877. The van der Waals surface area contributed by atoms with Crippen LogP contribution in [0, 0.1) is 5.41 Å². The minimum Gasteiger partial charge on any atom is -0.330 e. The lowest BCUT2D eigenvalue weighted by molar-refractivity contribution is 0.292. The molecule has 5 heteroatoms. The van der Waals surface area contributed by atoms with Gasteiger partial charge in [-0.05, 0) is 35.6 Å². The van der Waals surface area contributed by atoms with Crippen LogP contribution in [0.4, 0.5) is 0 Å². The molecule has 0 aliphatic carbocycles. The zero-order valence-corrected chi connectivity index (χ0v) is 13.9. The Morgan fingerprint density at radius 3 is 2.10 bits per heavy atom. The Morgan fingerprint density at radius 2 is 1.70 bits per heavy atom. The standard InChI is InChI=1S/C15H26N2O2S/c1-12(2)13-6-8-14(9-7-13)20(18,19)17(5)11-15(3,4)10-16/h6-9,12H,10-11,16H2,1-5H3. The molecule has 1 aromatic carbocycles. The van der Waals surface area contributed by atoms with E-state index in [2.05, 4.69) is 13.8 Å². The van der Waals surface area contributed by atoms with Crippen LogP contribution >= 0.6 is 0 Å². The number of hydrogen-bond acceptors (Lipinski definition) is 3. The molecule has 0 aromatic heterocycles. The molecule has 4 nitrogen and oxygen atoms in total. The van der Waals surface area contributed by atoms with Crippen molar-refractivity contribution < 1.29 is 8.42 Å². The van der Waals surface area contributed by atoms with Crippen molar-refractivity contribution in [2.45, 2.75) is 38.5 Å². The van der Waals surface area contributed by atoms with Crippen molar-refractivity contribution in [2.75, 3.05) is 20.1 Å². The van der Waals surface area contributed by atoms with Crippen LogP contribution < -0.4 is 5.73 Å². The molecule has 0 amide bonds. The van der Waals surface area contributed by atoms with Crippen LogP contribution in [0.25, 0.3) is 0 Å². The van der Waals surface area contributed by atoms with Gasteiger partial charge in [0.15, 0.2) is 0 Å². The second-order valence-corrected chi connectivity index (χ2v) is 8.40. The molecular weight excluding hydrogens is 272 g/mol. The van der Waals surface area contributed by atoms with Gasteiger partial charge in [-0.15, -0.1) is 0 Å². The van der Waals surface area contributed by atoms with Gasteiger partial charge >= 0.3 is 0 Å². The first-order chi connectivity index (χ1) is 9.10. The lowest BCUT2D eigenvalue weighted by Gasteiger charge is -2.28. The predicted octanol–water partition coefficient (Wildman–Crippen LogP) is 2.42. The predicted molar refractivity (Wildman–Crippen MR) is 83.2 cm³/mol.